The fourth-order valence-corrected chi connectivity index (χ4v) is 3.07. The van der Waals surface area contributed by atoms with E-state index in [1.165, 1.54) is 0 Å². The first-order valence-electron chi connectivity index (χ1n) is 7.67. The summed E-state index contributed by atoms with van der Waals surface area (Å²) in [5.74, 6) is 0.627. The van der Waals surface area contributed by atoms with Crippen molar-refractivity contribution in [3.63, 3.8) is 0 Å². The van der Waals surface area contributed by atoms with E-state index in [0.717, 1.165) is 17.0 Å². The molecule has 1 aliphatic rings. The molecule has 3 rings (SSSR count). The number of anilines is 1. The SMILES string of the molecule is C=C/C=C/[C@H]1C(=O)N(c2ccc(OC)cc2)[C@@H]1c1ccc(Cl)cc1. The summed E-state index contributed by atoms with van der Waals surface area (Å²) in [7, 11) is 1.62. The van der Waals surface area contributed by atoms with Crippen LogP contribution in [-0.4, -0.2) is 13.0 Å². The second-order valence-electron chi connectivity index (χ2n) is 5.55. The summed E-state index contributed by atoms with van der Waals surface area (Å²) < 4.78 is 5.19. The van der Waals surface area contributed by atoms with E-state index in [-0.39, 0.29) is 17.9 Å². The monoisotopic (exact) mass is 339 g/mol. The van der Waals surface area contributed by atoms with Gasteiger partial charge < -0.3 is 9.64 Å². The highest BCUT2D eigenvalue weighted by atomic mass is 35.5. The smallest absolute Gasteiger partial charge is 0.236 e. The number of benzene rings is 2. The lowest BCUT2D eigenvalue weighted by Gasteiger charge is -2.46. The zero-order valence-corrected chi connectivity index (χ0v) is 14.1. The number of methoxy groups -OCH3 is 1. The summed E-state index contributed by atoms with van der Waals surface area (Å²) in [4.78, 5) is 14.5. The largest absolute Gasteiger partial charge is 0.497 e. The van der Waals surface area contributed by atoms with Crippen molar-refractivity contribution < 1.29 is 9.53 Å². The summed E-state index contributed by atoms with van der Waals surface area (Å²) in [6, 6.07) is 15.1. The molecule has 1 aliphatic heterocycles. The molecule has 2 atom stereocenters. The number of carbonyl (C=O) groups is 1. The predicted molar refractivity (Wildman–Crippen MR) is 97.5 cm³/mol. The van der Waals surface area contributed by atoms with Crippen LogP contribution in [0.4, 0.5) is 5.69 Å². The van der Waals surface area contributed by atoms with E-state index in [1.54, 1.807) is 18.1 Å². The molecule has 2 aromatic rings. The lowest BCUT2D eigenvalue weighted by Crippen LogP contribution is -2.54. The zero-order chi connectivity index (χ0) is 17.1. The van der Waals surface area contributed by atoms with Gasteiger partial charge in [0.1, 0.15) is 5.75 Å². The van der Waals surface area contributed by atoms with Crippen LogP contribution in [0.5, 0.6) is 5.75 Å². The Labute approximate surface area is 146 Å². The first-order valence-corrected chi connectivity index (χ1v) is 8.05. The summed E-state index contributed by atoms with van der Waals surface area (Å²) in [5.41, 5.74) is 1.90. The highest BCUT2D eigenvalue weighted by Gasteiger charge is 2.47. The van der Waals surface area contributed by atoms with Gasteiger partial charge in [0.25, 0.3) is 0 Å². The molecule has 0 unspecified atom stereocenters. The van der Waals surface area contributed by atoms with Gasteiger partial charge in [-0.3, -0.25) is 4.79 Å². The van der Waals surface area contributed by atoms with Gasteiger partial charge in [0.15, 0.2) is 0 Å². The van der Waals surface area contributed by atoms with Crippen molar-refractivity contribution in [1.82, 2.24) is 0 Å². The highest BCUT2D eigenvalue weighted by Crippen LogP contribution is 2.44. The van der Waals surface area contributed by atoms with Gasteiger partial charge in [-0.05, 0) is 42.0 Å². The molecule has 0 aliphatic carbocycles. The van der Waals surface area contributed by atoms with Crippen LogP contribution < -0.4 is 9.64 Å². The Morgan fingerprint density at radius 1 is 1.12 bits per heavy atom. The maximum Gasteiger partial charge on any atom is 0.236 e. The van der Waals surface area contributed by atoms with Gasteiger partial charge >= 0.3 is 0 Å². The Morgan fingerprint density at radius 3 is 2.38 bits per heavy atom. The zero-order valence-electron chi connectivity index (χ0n) is 13.4. The van der Waals surface area contributed by atoms with E-state index >= 15 is 0 Å². The minimum absolute atomic E-state index is 0.0561. The molecule has 0 spiro atoms. The average molecular weight is 340 g/mol. The molecule has 0 bridgehead atoms. The number of hydrogen-bond acceptors (Lipinski definition) is 2. The van der Waals surface area contributed by atoms with Crippen molar-refractivity contribution >= 4 is 23.2 Å². The number of amides is 1. The fraction of sp³-hybridized carbons (Fsp3) is 0.150. The molecular formula is C20H18ClNO2. The van der Waals surface area contributed by atoms with Crippen LogP contribution in [0.25, 0.3) is 0 Å². The molecule has 1 fully saturated rings. The van der Waals surface area contributed by atoms with Gasteiger partial charge in [0.05, 0.1) is 19.1 Å². The van der Waals surface area contributed by atoms with Crippen molar-refractivity contribution in [3.8, 4) is 5.75 Å². The number of allylic oxidation sites excluding steroid dienone is 2. The molecular weight excluding hydrogens is 322 g/mol. The highest BCUT2D eigenvalue weighted by molar-refractivity contribution is 6.30. The Morgan fingerprint density at radius 2 is 1.79 bits per heavy atom. The number of hydrogen-bond donors (Lipinski definition) is 0. The molecule has 4 heteroatoms. The summed E-state index contributed by atoms with van der Waals surface area (Å²) in [6.07, 6.45) is 5.40. The summed E-state index contributed by atoms with van der Waals surface area (Å²) in [6.45, 7) is 3.68. The van der Waals surface area contributed by atoms with Gasteiger partial charge in [-0.2, -0.15) is 0 Å². The third kappa shape index (κ3) is 2.95. The van der Waals surface area contributed by atoms with Crippen LogP contribution in [-0.2, 0) is 4.79 Å². The van der Waals surface area contributed by atoms with Crippen LogP contribution in [0.3, 0.4) is 0 Å². The van der Waals surface area contributed by atoms with Crippen LogP contribution in [0.15, 0.2) is 73.3 Å². The molecule has 122 valence electrons. The van der Waals surface area contributed by atoms with Crippen molar-refractivity contribution in [1.29, 1.82) is 0 Å². The third-order valence-electron chi connectivity index (χ3n) is 4.16. The van der Waals surface area contributed by atoms with E-state index in [4.69, 9.17) is 16.3 Å². The van der Waals surface area contributed by atoms with Gasteiger partial charge in [0, 0.05) is 10.7 Å². The Kier molecular flexibility index (Phi) is 4.72. The molecule has 1 amide bonds. The molecule has 24 heavy (non-hydrogen) atoms. The van der Waals surface area contributed by atoms with Crippen molar-refractivity contribution in [2.75, 3.05) is 12.0 Å². The summed E-state index contributed by atoms with van der Waals surface area (Å²) >= 11 is 5.99. The maximum absolute atomic E-state index is 12.7. The molecule has 1 heterocycles. The number of carbonyl (C=O) groups excluding carboxylic acids is 1. The molecule has 3 nitrogen and oxygen atoms in total. The second kappa shape index (κ2) is 6.93. The molecule has 2 aromatic carbocycles. The molecule has 0 aromatic heterocycles. The lowest BCUT2D eigenvalue weighted by molar-refractivity contribution is -0.128. The van der Waals surface area contributed by atoms with E-state index in [2.05, 4.69) is 6.58 Å². The maximum atomic E-state index is 12.7. The molecule has 1 saturated heterocycles. The Balaban J connectivity index is 1.96. The Bertz CT molecular complexity index is 765. The topological polar surface area (TPSA) is 29.5 Å². The normalized spacial score (nSPS) is 20.1. The minimum atomic E-state index is -0.203. The lowest BCUT2D eigenvalue weighted by atomic mass is 9.81. The number of β-lactam (4-membered cyclic amide) rings is 1. The quantitative estimate of drug-likeness (QED) is 0.578. The van der Waals surface area contributed by atoms with Gasteiger partial charge in [-0.1, -0.05) is 48.5 Å². The molecule has 0 saturated carbocycles. The predicted octanol–water partition coefficient (Wildman–Crippen LogP) is 4.79. The molecule has 0 N–H and O–H groups in total. The first kappa shape index (κ1) is 16.3. The van der Waals surface area contributed by atoms with Crippen LogP contribution in [0.2, 0.25) is 5.02 Å². The third-order valence-corrected chi connectivity index (χ3v) is 4.41. The van der Waals surface area contributed by atoms with E-state index in [0.29, 0.717) is 5.02 Å². The number of ether oxygens (including phenoxy) is 1. The van der Waals surface area contributed by atoms with Gasteiger partial charge in [-0.25, -0.2) is 0 Å². The fourth-order valence-electron chi connectivity index (χ4n) is 2.94. The number of nitrogens with zero attached hydrogens (tertiary/aromatic N) is 1. The number of rotatable bonds is 5. The van der Waals surface area contributed by atoms with E-state index in [9.17, 15) is 4.79 Å². The summed E-state index contributed by atoms with van der Waals surface area (Å²) in [5, 5.41) is 0.679. The van der Waals surface area contributed by atoms with Gasteiger partial charge in [0.2, 0.25) is 5.91 Å². The van der Waals surface area contributed by atoms with Crippen LogP contribution in [0.1, 0.15) is 11.6 Å². The minimum Gasteiger partial charge on any atom is -0.497 e. The number of halogens is 1. The first-order chi connectivity index (χ1) is 11.7. The second-order valence-corrected chi connectivity index (χ2v) is 5.99. The van der Waals surface area contributed by atoms with Gasteiger partial charge in [-0.15, -0.1) is 0 Å². The van der Waals surface area contributed by atoms with Crippen molar-refractivity contribution in [3.05, 3.63) is 83.9 Å². The van der Waals surface area contributed by atoms with Crippen LogP contribution >= 0.6 is 11.6 Å². The van der Waals surface area contributed by atoms with Crippen molar-refractivity contribution in [2.24, 2.45) is 5.92 Å². The molecule has 0 radical (unpaired) electrons. The van der Waals surface area contributed by atoms with E-state index in [1.807, 2.05) is 60.7 Å². The van der Waals surface area contributed by atoms with E-state index < -0.39 is 0 Å². The Hall–Kier alpha value is -2.52. The van der Waals surface area contributed by atoms with Crippen molar-refractivity contribution in [2.45, 2.75) is 6.04 Å². The van der Waals surface area contributed by atoms with Crippen LogP contribution in [0, 0.1) is 5.92 Å². The average Bonchev–Trinajstić information content (AvgIpc) is 2.61. The standard InChI is InChI=1S/C20H18ClNO2/c1-3-4-5-18-19(14-6-8-15(21)9-7-14)22(20(18)23)16-10-12-17(24-2)13-11-16/h3-13,18-19H,1H2,2H3/b5-4+/t18-,19-/m1/s1.